The lowest BCUT2D eigenvalue weighted by molar-refractivity contribution is -0.283. The summed E-state index contributed by atoms with van der Waals surface area (Å²) in [6.45, 7) is 0.0139. The van der Waals surface area contributed by atoms with E-state index in [4.69, 9.17) is 24.5 Å². The highest BCUT2D eigenvalue weighted by atomic mass is 16.8. The molecule has 0 saturated carbocycles. The minimum Gasteiger partial charge on any atom is -0.497 e. The quantitative estimate of drug-likeness (QED) is 0.465. The highest BCUT2D eigenvalue weighted by molar-refractivity contribution is 5.42. The molecule has 0 radical (unpaired) electrons. The van der Waals surface area contributed by atoms with Crippen molar-refractivity contribution in [2.75, 3.05) is 27.9 Å². The minimum atomic E-state index is -1.14. The van der Waals surface area contributed by atoms with E-state index in [9.17, 15) is 0 Å². The number of benzene rings is 1. The van der Waals surface area contributed by atoms with Crippen molar-refractivity contribution < 1.29 is 18.9 Å². The van der Waals surface area contributed by atoms with Gasteiger partial charge in [0, 0.05) is 30.3 Å². The van der Waals surface area contributed by atoms with Crippen LogP contribution in [0.5, 0.6) is 5.75 Å². The fourth-order valence-electron chi connectivity index (χ4n) is 2.14. The Labute approximate surface area is 110 Å². The molecule has 1 heterocycles. The topological polar surface area (TPSA) is 85.7 Å². The van der Waals surface area contributed by atoms with E-state index in [-0.39, 0.29) is 6.54 Å². The van der Waals surface area contributed by atoms with Gasteiger partial charge in [0.05, 0.1) is 13.7 Å². The van der Waals surface area contributed by atoms with Gasteiger partial charge < -0.3 is 18.9 Å². The van der Waals surface area contributed by atoms with E-state index in [1.54, 1.807) is 13.2 Å². The van der Waals surface area contributed by atoms with Crippen LogP contribution in [0, 0.1) is 0 Å². The molecule has 0 bridgehead atoms. The van der Waals surface area contributed by atoms with Crippen molar-refractivity contribution in [1.29, 1.82) is 0 Å². The van der Waals surface area contributed by atoms with Gasteiger partial charge in [0.2, 0.25) is 5.79 Å². The van der Waals surface area contributed by atoms with Gasteiger partial charge in [0.25, 0.3) is 0 Å². The van der Waals surface area contributed by atoms with Crippen LogP contribution in [-0.4, -0.2) is 27.9 Å². The normalized spacial score (nSPS) is 24.7. The molecule has 7 nitrogen and oxygen atoms in total. The summed E-state index contributed by atoms with van der Waals surface area (Å²) < 4.78 is 21.7. The summed E-state index contributed by atoms with van der Waals surface area (Å²) in [4.78, 5) is 2.75. The number of hydrogen-bond acceptors (Lipinski definition) is 5. The summed E-state index contributed by atoms with van der Waals surface area (Å²) in [5, 5.41) is 3.55. The van der Waals surface area contributed by atoms with Crippen LogP contribution >= 0.6 is 0 Å². The third-order valence-corrected chi connectivity index (χ3v) is 3.11. The Morgan fingerprint density at radius 2 is 2.21 bits per heavy atom. The summed E-state index contributed by atoms with van der Waals surface area (Å²) in [5.41, 5.74) is 10.1. The maximum Gasteiger partial charge on any atom is 0.204 e. The average Bonchev–Trinajstić information content (AvgIpc) is 2.79. The van der Waals surface area contributed by atoms with E-state index < -0.39 is 12.1 Å². The minimum absolute atomic E-state index is 0.0139. The molecule has 0 spiro atoms. The van der Waals surface area contributed by atoms with E-state index >= 15 is 0 Å². The lowest BCUT2D eigenvalue weighted by atomic mass is 10.0. The largest absolute Gasteiger partial charge is 0.497 e. The molecular weight excluding hydrogens is 250 g/mol. The van der Waals surface area contributed by atoms with Crippen molar-refractivity contribution in [3.8, 4) is 5.75 Å². The van der Waals surface area contributed by atoms with Gasteiger partial charge in [-0.1, -0.05) is 5.11 Å². The van der Waals surface area contributed by atoms with E-state index in [1.165, 1.54) is 14.2 Å². The second-order valence-electron chi connectivity index (χ2n) is 3.98. The summed E-state index contributed by atoms with van der Waals surface area (Å²) >= 11 is 0. The van der Waals surface area contributed by atoms with E-state index in [1.807, 2.05) is 12.1 Å². The molecule has 0 saturated heterocycles. The molecule has 1 aromatic rings. The molecule has 7 heteroatoms. The summed E-state index contributed by atoms with van der Waals surface area (Å²) in [5.74, 6) is -0.474. The second kappa shape index (κ2) is 5.46. The fraction of sp³-hybridized carbons (Fsp3) is 0.500. The Hall–Kier alpha value is -1.79. The summed E-state index contributed by atoms with van der Waals surface area (Å²) in [6, 6.07) is 5.46. The van der Waals surface area contributed by atoms with Crippen molar-refractivity contribution in [2.24, 2.45) is 5.11 Å². The third kappa shape index (κ3) is 2.24. The number of azide groups is 1. The number of rotatable bonds is 5. The van der Waals surface area contributed by atoms with Gasteiger partial charge >= 0.3 is 0 Å². The average molecular weight is 265 g/mol. The van der Waals surface area contributed by atoms with E-state index in [0.29, 0.717) is 5.75 Å². The first kappa shape index (κ1) is 13.6. The molecule has 2 unspecified atom stereocenters. The molecule has 1 aliphatic rings. The van der Waals surface area contributed by atoms with Crippen molar-refractivity contribution in [1.82, 2.24) is 0 Å². The molecule has 19 heavy (non-hydrogen) atoms. The zero-order chi connectivity index (χ0) is 13.9. The van der Waals surface area contributed by atoms with Crippen LogP contribution in [-0.2, 0) is 20.0 Å². The Morgan fingerprint density at radius 1 is 1.42 bits per heavy atom. The first-order valence-corrected chi connectivity index (χ1v) is 5.66. The van der Waals surface area contributed by atoms with Gasteiger partial charge in [-0.2, -0.15) is 0 Å². The number of nitrogens with zero attached hydrogens (tertiary/aromatic N) is 3. The maximum atomic E-state index is 8.50. The van der Waals surface area contributed by atoms with Crippen LogP contribution < -0.4 is 4.74 Å². The van der Waals surface area contributed by atoms with Gasteiger partial charge in [-0.15, -0.1) is 0 Å². The van der Waals surface area contributed by atoms with E-state index in [2.05, 4.69) is 10.0 Å². The molecule has 2 atom stereocenters. The standard InChI is InChI=1S/C12H15N3O4/c1-16-8-4-5-9-10(6-8)12(18-3,7-14-15-13)19-11(9)17-2/h4-6,11H,7H2,1-3H3. The van der Waals surface area contributed by atoms with Crippen LogP contribution in [0.1, 0.15) is 17.4 Å². The number of ether oxygens (including phenoxy) is 4. The SMILES string of the molecule is COc1ccc2c(c1)C(CN=[N+]=[N-])(OC)OC2OC. The molecule has 0 aromatic heterocycles. The van der Waals surface area contributed by atoms with Gasteiger partial charge in [0.1, 0.15) is 5.75 Å². The Morgan fingerprint density at radius 3 is 2.79 bits per heavy atom. The molecule has 1 aliphatic heterocycles. The molecule has 0 aliphatic carbocycles. The zero-order valence-corrected chi connectivity index (χ0v) is 11.0. The molecule has 102 valence electrons. The zero-order valence-electron chi connectivity index (χ0n) is 11.0. The van der Waals surface area contributed by atoms with Gasteiger partial charge in [0.15, 0.2) is 6.29 Å². The third-order valence-electron chi connectivity index (χ3n) is 3.11. The van der Waals surface area contributed by atoms with Crippen molar-refractivity contribution >= 4 is 0 Å². The lowest BCUT2D eigenvalue weighted by Gasteiger charge is -2.26. The molecule has 2 rings (SSSR count). The predicted molar refractivity (Wildman–Crippen MR) is 66.5 cm³/mol. The van der Waals surface area contributed by atoms with Crippen LogP contribution in [0.2, 0.25) is 0 Å². The lowest BCUT2D eigenvalue weighted by Crippen LogP contribution is -2.31. The Kier molecular flexibility index (Phi) is 3.92. The number of methoxy groups -OCH3 is 3. The molecule has 0 N–H and O–H groups in total. The highest BCUT2D eigenvalue weighted by Gasteiger charge is 2.45. The smallest absolute Gasteiger partial charge is 0.204 e. The molecule has 0 fully saturated rings. The fourth-order valence-corrected chi connectivity index (χ4v) is 2.14. The van der Waals surface area contributed by atoms with Crippen molar-refractivity contribution in [3.63, 3.8) is 0 Å². The number of fused-ring (bicyclic) bond motifs is 1. The van der Waals surface area contributed by atoms with Gasteiger partial charge in [-0.05, 0) is 23.7 Å². The van der Waals surface area contributed by atoms with Crippen molar-refractivity contribution in [2.45, 2.75) is 12.1 Å². The molecule has 0 amide bonds. The Bertz CT molecular complexity index is 516. The first-order valence-electron chi connectivity index (χ1n) is 5.66. The molecule has 1 aromatic carbocycles. The predicted octanol–water partition coefficient (Wildman–Crippen LogP) is 2.48. The van der Waals surface area contributed by atoms with Crippen LogP contribution in [0.3, 0.4) is 0 Å². The Balaban J connectivity index is 2.52. The first-order chi connectivity index (χ1) is 9.20. The van der Waals surface area contributed by atoms with Crippen LogP contribution in [0.4, 0.5) is 0 Å². The monoisotopic (exact) mass is 265 g/mol. The maximum absolute atomic E-state index is 8.50. The van der Waals surface area contributed by atoms with Crippen LogP contribution in [0.15, 0.2) is 23.3 Å². The summed E-state index contributed by atoms with van der Waals surface area (Å²) in [6.07, 6.45) is -0.560. The summed E-state index contributed by atoms with van der Waals surface area (Å²) in [7, 11) is 4.61. The van der Waals surface area contributed by atoms with Crippen molar-refractivity contribution in [3.05, 3.63) is 39.8 Å². The number of hydrogen-bond donors (Lipinski definition) is 0. The van der Waals surface area contributed by atoms with Gasteiger partial charge in [-0.25, -0.2) is 0 Å². The van der Waals surface area contributed by atoms with E-state index in [0.717, 1.165) is 11.1 Å². The highest BCUT2D eigenvalue weighted by Crippen LogP contribution is 2.45. The van der Waals surface area contributed by atoms with Gasteiger partial charge in [-0.3, -0.25) is 0 Å². The van der Waals surface area contributed by atoms with Crippen LogP contribution in [0.25, 0.3) is 10.4 Å². The molecular formula is C12H15N3O4. The second-order valence-corrected chi connectivity index (χ2v) is 3.98.